The predicted molar refractivity (Wildman–Crippen MR) is 66.9 cm³/mol. The lowest BCUT2D eigenvalue weighted by Crippen LogP contribution is -2.55. The van der Waals surface area contributed by atoms with E-state index in [0.717, 1.165) is 18.8 Å². The van der Waals surface area contributed by atoms with Gasteiger partial charge in [0.25, 0.3) is 0 Å². The summed E-state index contributed by atoms with van der Waals surface area (Å²) >= 11 is 0. The maximum atomic E-state index is 9.84. The second-order valence-electron chi connectivity index (χ2n) is 6.06. The van der Waals surface area contributed by atoms with Gasteiger partial charge in [-0.1, -0.05) is 6.58 Å². The summed E-state index contributed by atoms with van der Waals surface area (Å²) in [5, 5.41) is 27.6. The average molecular weight is 254 g/mol. The highest BCUT2D eigenvalue weighted by molar-refractivity contribution is 5.84. The van der Waals surface area contributed by atoms with Gasteiger partial charge in [0, 0.05) is 11.5 Å². The van der Waals surface area contributed by atoms with Crippen LogP contribution in [0.5, 0.6) is 0 Å². The van der Waals surface area contributed by atoms with Crippen molar-refractivity contribution >= 4 is 5.97 Å². The van der Waals surface area contributed by atoms with E-state index < -0.39 is 5.97 Å². The molecule has 4 heteroatoms. The Balaban J connectivity index is 0.000000174. The van der Waals surface area contributed by atoms with E-state index in [-0.39, 0.29) is 23.7 Å². The molecule has 0 radical (unpaired) electrons. The molecule has 102 valence electrons. The van der Waals surface area contributed by atoms with Crippen molar-refractivity contribution in [3.05, 3.63) is 12.2 Å². The molecule has 4 aliphatic carbocycles. The van der Waals surface area contributed by atoms with Gasteiger partial charge < -0.3 is 15.3 Å². The predicted octanol–water partition coefficient (Wildman–Crippen LogP) is 1.42. The molecule has 4 nitrogen and oxygen atoms in total. The van der Waals surface area contributed by atoms with Gasteiger partial charge in [-0.2, -0.15) is 0 Å². The number of carboxylic acids is 1. The van der Waals surface area contributed by atoms with Gasteiger partial charge in [-0.15, -0.1) is 0 Å². The molecule has 4 unspecified atom stereocenters. The third kappa shape index (κ3) is 2.45. The molecular weight excluding hydrogens is 232 g/mol. The van der Waals surface area contributed by atoms with Crippen molar-refractivity contribution in [2.24, 2.45) is 23.7 Å². The number of rotatable bonds is 1. The Morgan fingerprint density at radius 3 is 1.89 bits per heavy atom. The molecule has 0 aromatic rings. The van der Waals surface area contributed by atoms with E-state index in [9.17, 15) is 15.0 Å². The van der Waals surface area contributed by atoms with E-state index in [2.05, 4.69) is 6.58 Å². The molecule has 18 heavy (non-hydrogen) atoms. The van der Waals surface area contributed by atoms with E-state index in [1.165, 1.54) is 19.8 Å². The third-order valence-electron chi connectivity index (χ3n) is 4.69. The molecule has 0 heterocycles. The first-order valence-electron chi connectivity index (χ1n) is 6.65. The quantitative estimate of drug-likeness (QED) is 0.618. The first-order chi connectivity index (χ1) is 8.40. The maximum Gasteiger partial charge on any atom is 0.330 e. The molecule has 4 fully saturated rings. The lowest BCUT2D eigenvalue weighted by Gasteiger charge is -2.55. The van der Waals surface area contributed by atoms with Crippen LogP contribution in [0, 0.1) is 23.7 Å². The number of carboxylic acid groups (broad SMARTS) is 1. The van der Waals surface area contributed by atoms with Crippen LogP contribution in [-0.4, -0.2) is 33.5 Å². The molecule has 0 spiro atoms. The molecule has 4 aliphatic rings. The minimum Gasteiger partial charge on any atom is -0.478 e. The summed E-state index contributed by atoms with van der Waals surface area (Å²) in [5.41, 5.74) is 0.176. The zero-order valence-electron chi connectivity index (χ0n) is 10.7. The number of aliphatic hydroxyl groups is 2. The van der Waals surface area contributed by atoms with Gasteiger partial charge in [-0.25, -0.2) is 4.79 Å². The lowest BCUT2D eigenvalue weighted by atomic mass is 9.54. The van der Waals surface area contributed by atoms with Crippen LogP contribution >= 0.6 is 0 Å². The number of carbonyl (C=O) groups is 1. The molecule has 4 atom stereocenters. The van der Waals surface area contributed by atoms with Crippen molar-refractivity contribution in [2.45, 2.75) is 44.8 Å². The maximum absolute atomic E-state index is 9.84. The number of hydrogen-bond acceptors (Lipinski definition) is 3. The highest BCUT2D eigenvalue weighted by Crippen LogP contribution is 2.53. The fourth-order valence-electron chi connectivity index (χ4n) is 3.85. The normalized spacial score (nSPS) is 44.2. The van der Waals surface area contributed by atoms with Crippen LogP contribution < -0.4 is 0 Å². The third-order valence-corrected chi connectivity index (χ3v) is 4.69. The summed E-state index contributed by atoms with van der Waals surface area (Å²) in [6.07, 6.45) is 4.23. The Bertz CT molecular complexity index is 322. The van der Waals surface area contributed by atoms with Gasteiger partial charge in [0.1, 0.15) is 0 Å². The molecule has 0 aromatic carbocycles. The van der Waals surface area contributed by atoms with E-state index in [0.29, 0.717) is 11.8 Å². The lowest BCUT2D eigenvalue weighted by molar-refractivity contribution is -0.161. The van der Waals surface area contributed by atoms with Crippen molar-refractivity contribution in [3.63, 3.8) is 0 Å². The molecule has 0 amide bonds. The smallest absolute Gasteiger partial charge is 0.330 e. The number of aliphatic carboxylic acids is 1. The second-order valence-corrected chi connectivity index (χ2v) is 6.06. The Morgan fingerprint density at radius 1 is 1.06 bits per heavy atom. The Labute approximate surface area is 107 Å². The Kier molecular flexibility index (Phi) is 3.78. The summed E-state index contributed by atoms with van der Waals surface area (Å²) in [7, 11) is 0. The zero-order chi connectivity index (χ0) is 13.4. The molecule has 4 rings (SSSR count). The minimum absolute atomic E-state index is 0.176. The van der Waals surface area contributed by atoms with E-state index in [1.54, 1.807) is 0 Å². The zero-order valence-corrected chi connectivity index (χ0v) is 10.7. The highest BCUT2D eigenvalue weighted by atomic mass is 16.4. The second kappa shape index (κ2) is 5.02. The van der Waals surface area contributed by atoms with Gasteiger partial charge in [-0.05, 0) is 50.4 Å². The van der Waals surface area contributed by atoms with Crippen molar-refractivity contribution in [1.82, 2.24) is 0 Å². The highest BCUT2D eigenvalue weighted by Gasteiger charge is 2.52. The van der Waals surface area contributed by atoms with Gasteiger partial charge in [0.15, 0.2) is 0 Å². The van der Waals surface area contributed by atoms with Gasteiger partial charge in [-0.3, -0.25) is 0 Å². The van der Waals surface area contributed by atoms with Crippen LogP contribution in [-0.2, 0) is 4.79 Å². The SMILES string of the molecule is C=C(C)C(=O)O.OC1C2CC3CC(C2)C(O)C1C3. The number of hydrogen-bond donors (Lipinski definition) is 3. The topological polar surface area (TPSA) is 77.8 Å². The summed E-state index contributed by atoms with van der Waals surface area (Å²) in [5.74, 6) is 1.16. The largest absolute Gasteiger partial charge is 0.478 e. The van der Waals surface area contributed by atoms with Crippen LogP contribution in [0.25, 0.3) is 0 Å². The van der Waals surface area contributed by atoms with E-state index in [1.807, 2.05) is 0 Å². The first kappa shape index (κ1) is 13.6. The minimum atomic E-state index is -0.935. The molecular formula is C14H22O4. The van der Waals surface area contributed by atoms with Crippen molar-refractivity contribution in [3.8, 4) is 0 Å². The molecule has 0 aliphatic heterocycles. The monoisotopic (exact) mass is 254 g/mol. The summed E-state index contributed by atoms with van der Waals surface area (Å²) in [6, 6.07) is 0. The standard InChI is InChI=1S/C10H16O2.C4H6O2/c11-9-6-1-5-2-7(4-6)10(12)8(9)3-5;1-3(2)4(5)6/h5-12H,1-4H2;1H2,2H3,(H,5,6). The van der Waals surface area contributed by atoms with E-state index in [4.69, 9.17) is 5.11 Å². The molecule has 0 aromatic heterocycles. The van der Waals surface area contributed by atoms with Crippen molar-refractivity contribution < 1.29 is 20.1 Å². The first-order valence-corrected chi connectivity index (χ1v) is 6.65. The van der Waals surface area contributed by atoms with Crippen LogP contribution in [0.2, 0.25) is 0 Å². The fourth-order valence-corrected chi connectivity index (χ4v) is 3.85. The Hall–Kier alpha value is -0.870. The van der Waals surface area contributed by atoms with E-state index >= 15 is 0 Å². The Morgan fingerprint density at radius 2 is 1.50 bits per heavy atom. The molecule has 0 saturated heterocycles. The van der Waals surface area contributed by atoms with Gasteiger partial charge in [0.05, 0.1) is 12.2 Å². The van der Waals surface area contributed by atoms with Crippen LogP contribution in [0.3, 0.4) is 0 Å². The number of aliphatic hydroxyl groups excluding tert-OH is 2. The van der Waals surface area contributed by atoms with Crippen molar-refractivity contribution in [2.75, 3.05) is 0 Å². The van der Waals surface area contributed by atoms with Gasteiger partial charge >= 0.3 is 5.97 Å². The van der Waals surface area contributed by atoms with Crippen LogP contribution in [0.15, 0.2) is 12.2 Å². The molecule has 4 bridgehead atoms. The molecule has 3 N–H and O–H groups in total. The van der Waals surface area contributed by atoms with Crippen LogP contribution in [0.4, 0.5) is 0 Å². The summed E-state index contributed by atoms with van der Waals surface area (Å²) in [4.78, 5) is 9.60. The average Bonchev–Trinajstić information content (AvgIpc) is 2.31. The summed E-state index contributed by atoms with van der Waals surface area (Å²) < 4.78 is 0. The molecule has 4 saturated carbocycles. The fraction of sp³-hybridized carbons (Fsp3) is 0.786. The van der Waals surface area contributed by atoms with Crippen molar-refractivity contribution in [1.29, 1.82) is 0 Å². The van der Waals surface area contributed by atoms with Crippen LogP contribution in [0.1, 0.15) is 32.6 Å². The van der Waals surface area contributed by atoms with Gasteiger partial charge in [0.2, 0.25) is 0 Å². The summed E-state index contributed by atoms with van der Waals surface area (Å²) in [6.45, 7) is 4.60.